The molecule has 0 aliphatic carbocycles. The van der Waals surface area contributed by atoms with Crippen LogP contribution in [0.1, 0.15) is 31.1 Å². The van der Waals surface area contributed by atoms with Gasteiger partial charge in [0.2, 0.25) is 0 Å². The third kappa shape index (κ3) is 5.08. The molecule has 1 N–H and O–H groups in total. The summed E-state index contributed by atoms with van der Waals surface area (Å²) in [4.78, 5) is 27.8. The molecule has 0 aliphatic rings. The van der Waals surface area contributed by atoms with E-state index in [0.717, 1.165) is 0 Å². The minimum Gasteiger partial charge on any atom is -0.481 e. The van der Waals surface area contributed by atoms with Gasteiger partial charge >= 0.3 is 5.97 Å². The summed E-state index contributed by atoms with van der Waals surface area (Å²) in [6, 6.07) is 9.90. The van der Waals surface area contributed by atoms with Gasteiger partial charge in [-0.15, -0.1) is 0 Å². The van der Waals surface area contributed by atoms with E-state index in [4.69, 9.17) is 9.47 Å². The Morgan fingerprint density at radius 2 is 1.83 bits per heavy atom. The van der Waals surface area contributed by atoms with Gasteiger partial charge in [-0.1, -0.05) is 6.07 Å². The number of amides is 1. The molecule has 0 aliphatic heterocycles. The smallest absolute Gasteiger partial charge is 0.345 e. The zero-order chi connectivity index (χ0) is 17.5. The van der Waals surface area contributed by atoms with E-state index in [0.29, 0.717) is 17.1 Å². The van der Waals surface area contributed by atoms with Crippen LogP contribution in [0.25, 0.3) is 0 Å². The number of nitrogens with zero attached hydrogens (tertiary/aromatic N) is 1. The van der Waals surface area contributed by atoms with Gasteiger partial charge in [-0.3, -0.25) is 9.78 Å². The molecule has 24 heavy (non-hydrogen) atoms. The van der Waals surface area contributed by atoms with Crippen LogP contribution >= 0.6 is 0 Å². The third-order valence-corrected chi connectivity index (χ3v) is 3.03. The lowest BCUT2D eigenvalue weighted by molar-refractivity contribution is -0.127. The van der Waals surface area contributed by atoms with Gasteiger partial charge in [-0.2, -0.15) is 0 Å². The number of esters is 1. The van der Waals surface area contributed by atoms with E-state index in [1.165, 1.54) is 6.20 Å². The Hall–Kier alpha value is -2.89. The molecule has 2 aromatic rings. The van der Waals surface area contributed by atoms with Crippen molar-refractivity contribution in [3.05, 3.63) is 54.4 Å². The summed E-state index contributed by atoms with van der Waals surface area (Å²) in [5.41, 5.74) is 0.355. The zero-order valence-electron chi connectivity index (χ0n) is 13.9. The lowest BCUT2D eigenvalue weighted by atomic mass is 10.3. The van der Waals surface area contributed by atoms with E-state index in [1.54, 1.807) is 49.5 Å². The summed E-state index contributed by atoms with van der Waals surface area (Å²) in [7, 11) is 0. The first-order valence-corrected chi connectivity index (χ1v) is 7.65. The molecule has 0 bridgehead atoms. The molecule has 0 spiro atoms. The average Bonchev–Trinajstić information content (AvgIpc) is 2.55. The second-order valence-electron chi connectivity index (χ2n) is 5.53. The minimum atomic E-state index is -0.656. The topological polar surface area (TPSA) is 77.5 Å². The van der Waals surface area contributed by atoms with E-state index >= 15 is 0 Å². The van der Waals surface area contributed by atoms with Crippen molar-refractivity contribution in [2.75, 3.05) is 0 Å². The number of rotatable bonds is 6. The van der Waals surface area contributed by atoms with Gasteiger partial charge in [0.15, 0.2) is 6.10 Å². The highest BCUT2D eigenvalue weighted by atomic mass is 16.5. The lowest BCUT2D eigenvalue weighted by Crippen LogP contribution is -2.40. The average molecular weight is 328 g/mol. The fourth-order valence-corrected chi connectivity index (χ4v) is 1.92. The molecule has 0 saturated heterocycles. The SMILES string of the molecule is CC(C)NC(=O)C(C)Oc1cccc(OC(=O)c2cccnc2)c1. The molecule has 6 nitrogen and oxygen atoms in total. The number of hydrogen-bond donors (Lipinski definition) is 1. The minimum absolute atomic E-state index is 0.0373. The van der Waals surface area contributed by atoms with Crippen LogP contribution in [0.2, 0.25) is 0 Å². The summed E-state index contributed by atoms with van der Waals surface area (Å²) in [6.45, 7) is 5.41. The Labute approximate surface area is 140 Å². The first-order valence-electron chi connectivity index (χ1n) is 7.65. The molecule has 0 saturated carbocycles. The van der Waals surface area contributed by atoms with Crippen LogP contribution in [0.5, 0.6) is 11.5 Å². The second-order valence-corrected chi connectivity index (χ2v) is 5.53. The van der Waals surface area contributed by atoms with Crippen molar-refractivity contribution >= 4 is 11.9 Å². The Morgan fingerprint density at radius 1 is 1.08 bits per heavy atom. The van der Waals surface area contributed by atoms with Gasteiger partial charge in [0.25, 0.3) is 5.91 Å². The van der Waals surface area contributed by atoms with Crippen LogP contribution in [0.15, 0.2) is 48.8 Å². The summed E-state index contributed by atoms with van der Waals surface area (Å²) in [5.74, 6) is 0.0596. The number of aromatic nitrogens is 1. The van der Waals surface area contributed by atoms with Crippen LogP contribution in [0.3, 0.4) is 0 Å². The van der Waals surface area contributed by atoms with Gasteiger partial charge in [-0.25, -0.2) is 4.79 Å². The molecule has 0 fully saturated rings. The van der Waals surface area contributed by atoms with E-state index < -0.39 is 12.1 Å². The van der Waals surface area contributed by atoms with E-state index in [2.05, 4.69) is 10.3 Å². The Bertz CT molecular complexity index is 701. The van der Waals surface area contributed by atoms with Crippen LogP contribution in [0.4, 0.5) is 0 Å². The summed E-state index contributed by atoms with van der Waals surface area (Å²) >= 11 is 0. The van der Waals surface area contributed by atoms with Crippen molar-refractivity contribution in [1.29, 1.82) is 0 Å². The second kappa shape index (κ2) is 8.10. The standard InChI is InChI=1S/C18H20N2O4/c1-12(2)20-17(21)13(3)23-15-7-4-8-16(10-15)24-18(22)14-6-5-9-19-11-14/h4-13H,1-3H3,(H,20,21). The highest BCUT2D eigenvalue weighted by Gasteiger charge is 2.16. The van der Waals surface area contributed by atoms with E-state index in [1.807, 2.05) is 13.8 Å². The van der Waals surface area contributed by atoms with Crippen molar-refractivity contribution in [3.63, 3.8) is 0 Å². The molecule has 1 aromatic heterocycles. The Morgan fingerprint density at radius 3 is 2.50 bits per heavy atom. The lowest BCUT2D eigenvalue weighted by Gasteiger charge is -2.16. The maximum Gasteiger partial charge on any atom is 0.345 e. The summed E-state index contributed by atoms with van der Waals surface area (Å²) in [6.07, 6.45) is 2.35. The van der Waals surface area contributed by atoms with Gasteiger partial charge in [0, 0.05) is 24.5 Å². The molecule has 1 atom stereocenters. The number of pyridine rings is 1. The molecule has 126 valence electrons. The van der Waals surface area contributed by atoms with Crippen molar-refractivity contribution in [2.45, 2.75) is 32.9 Å². The highest BCUT2D eigenvalue weighted by molar-refractivity contribution is 5.90. The summed E-state index contributed by atoms with van der Waals surface area (Å²) < 4.78 is 10.9. The largest absolute Gasteiger partial charge is 0.481 e. The Kier molecular flexibility index (Phi) is 5.89. The molecule has 1 heterocycles. The van der Waals surface area contributed by atoms with Gasteiger partial charge < -0.3 is 14.8 Å². The molecule has 2 rings (SSSR count). The number of carbonyl (C=O) groups excluding carboxylic acids is 2. The monoisotopic (exact) mass is 328 g/mol. The van der Waals surface area contributed by atoms with Crippen molar-refractivity contribution in [1.82, 2.24) is 10.3 Å². The van der Waals surface area contributed by atoms with Gasteiger partial charge in [-0.05, 0) is 45.0 Å². The number of hydrogen-bond acceptors (Lipinski definition) is 5. The molecule has 0 radical (unpaired) electrons. The normalized spacial score (nSPS) is 11.7. The molecular formula is C18H20N2O4. The molecule has 6 heteroatoms. The van der Waals surface area contributed by atoms with Crippen LogP contribution in [-0.4, -0.2) is 29.0 Å². The van der Waals surface area contributed by atoms with Crippen molar-refractivity contribution in [2.24, 2.45) is 0 Å². The van der Waals surface area contributed by atoms with Crippen molar-refractivity contribution in [3.8, 4) is 11.5 Å². The molecular weight excluding hydrogens is 308 g/mol. The number of benzene rings is 1. The molecule has 1 unspecified atom stereocenters. The van der Waals surface area contributed by atoms with Crippen LogP contribution in [0, 0.1) is 0 Å². The highest BCUT2D eigenvalue weighted by Crippen LogP contribution is 2.21. The van der Waals surface area contributed by atoms with Crippen LogP contribution < -0.4 is 14.8 Å². The van der Waals surface area contributed by atoms with Crippen molar-refractivity contribution < 1.29 is 19.1 Å². The fraction of sp³-hybridized carbons (Fsp3) is 0.278. The fourth-order valence-electron chi connectivity index (χ4n) is 1.92. The number of nitrogens with one attached hydrogen (secondary N) is 1. The van der Waals surface area contributed by atoms with Crippen LogP contribution in [-0.2, 0) is 4.79 Å². The van der Waals surface area contributed by atoms with Gasteiger partial charge in [0.1, 0.15) is 11.5 Å². The predicted molar refractivity (Wildman–Crippen MR) is 89.0 cm³/mol. The quantitative estimate of drug-likeness (QED) is 0.651. The Balaban J connectivity index is 2.01. The molecule has 1 amide bonds. The predicted octanol–water partition coefficient (Wildman–Crippen LogP) is 2.59. The zero-order valence-corrected chi connectivity index (χ0v) is 13.9. The third-order valence-electron chi connectivity index (χ3n) is 3.03. The number of carbonyl (C=O) groups is 2. The van der Waals surface area contributed by atoms with Gasteiger partial charge in [0.05, 0.1) is 5.56 Å². The first kappa shape index (κ1) is 17.5. The van der Waals surface area contributed by atoms with E-state index in [9.17, 15) is 9.59 Å². The maximum absolute atomic E-state index is 12.0. The molecule has 1 aromatic carbocycles. The maximum atomic E-state index is 12.0. The first-order chi connectivity index (χ1) is 11.5. The van der Waals surface area contributed by atoms with E-state index in [-0.39, 0.29) is 11.9 Å². The number of ether oxygens (including phenoxy) is 2. The summed E-state index contributed by atoms with van der Waals surface area (Å²) in [5, 5.41) is 2.77.